The molecule has 1 rings (SSSR count). The number of allylic oxidation sites excluding steroid dienone is 2. The predicted octanol–water partition coefficient (Wildman–Crippen LogP) is 3.17. The van der Waals surface area contributed by atoms with Crippen molar-refractivity contribution in [1.82, 2.24) is 0 Å². The molecule has 0 heterocycles. The lowest BCUT2D eigenvalue weighted by atomic mass is 9.74. The number of aliphatic carboxylic acids is 1. The van der Waals surface area contributed by atoms with Crippen LogP contribution in [0.3, 0.4) is 0 Å². The Morgan fingerprint density at radius 2 is 1.89 bits per heavy atom. The molecule has 0 saturated carbocycles. The number of methoxy groups -OCH3 is 1. The van der Waals surface area contributed by atoms with Crippen molar-refractivity contribution < 1.29 is 14.6 Å². The van der Waals surface area contributed by atoms with E-state index in [1.54, 1.807) is 24.3 Å². The minimum absolute atomic E-state index is 0.328. The molecule has 0 fully saturated rings. The number of carboxylic acid groups (broad SMARTS) is 1. The average molecular weight is 246 g/mol. The van der Waals surface area contributed by atoms with Crippen LogP contribution in [0.25, 0.3) is 0 Å². The molecule has 0 aliphatic carbocycles. The van der Waals surface area contributed by atoms with Crippen molar-refractivity contribution in [2.24, 2.45) is 0 Å². The van der Waals surface area contributed by atoms with Crippen molar-refractivity contribution in [2.75, 3.05) is 7.11 Å². The van der Waals surface area contributed by atoms with Gasteiger partial charge in [0.2, 0.25) is 0 Å². The molecule has 0 bridgehead atoms. The minimum atomic E-state index is -1.06. The van der Waals surface area contributed by atoms with Crippen LogP contribution >= 0.6 is 0 Å². The van der Waals surface area contributed by atoms with E-state index in [-0.39, 0.29) is 0 Å². The van der Waals surface area contributed by atoms with E-state index in [4.69, 9.17) is 4.74 Å². The second-order valence-electron chi connectivity index (χ2n) is 4.07. The monoisotopic (exact) mass is 246 g/mol. The molecule has 0 unspecified atom stereocenters. The van der Waals surface area contributed by atoms with Crippen LogP contribution in [0.5, 0.6) is 5.75 Å². The summed E-state index contributed by atoms with van der Waals surface area (Å²) in [6.07, 6.45) is 3.89. The summed E-state index contributed by atoms with van der Waals surface area (Å²) >= 11 is 0. The lowest BCUT2D eigenvalue weighted by molar-refractivity contribution is -0.143. The Morgan fingerprint density at radius 1 is 1.33 bits per heavy atom. The van der Waals surface area contributed by atoms with Crippen molar-refractivity contribution in [3.05, 3.63) is 55.1 Å². The maximum absolute atomic E-state index is 11.7. The third-order valence-corrected chi connectivity index (χ3v) is 3.02. The molecule has 0 aliphatic heterocycles. The Hall–Kier alpha value is -2.03. The summed E-state index contributed by atoms with van der Waals surface area (Å²) in [6, 6.07) is 7.16. The first-order valence-electron chi connectivity index (χ1n) is 5.71. The fourth-order valence-corrected chi connectivity index (χ4v) is 2.13. The number of hydrogen-bond donors (Lipinski definition) is 1. The van der Waals surface area contributed by atoms with Gasteiger partial charge in [-0.2, -0.15) is 0 Å². The first-order chi connectivity index (χ1) is 8.62. The normalized spacial score (nSPS) is 10.7. The molecule has 1 aromatic rings. The summed E-state index contributed by atoms with van der Waals surface area (Å²) in [7, 11) is 1.53. The van der Waals surface area contributed by atoms with Crippen LogP contribution in [-0.4, -0.2) is 18.2 Å². The highest BCUT2D eigenvalue weighted by Crippen LogP contribution is 2.38. The van der Waals surface area contributed by atoms with Gasteiger partial charge >= 0.3 is 5.97 Å². The van der Waals surface area contributed by atoms with Gasteiger partial charge in [0, 0.05) is 5.56 Å². The average Bonchev–Trinajstić information content (AvgIpc) is 2.38. The predicted molar refractivity (Wildman–Crippen MR) is 71.9 cm³/mol. The van der Waals surface area contributed by atoms with E-state index < -0.39 is 11.4 Å². The molecule has 18 heavy (non-hydrogen) atoms. The second kappa shape index (κ2) is 6.05. The molecule has 0 amide bonds. The molecule has 0 saturated heterocycles. The Kier molecular flexibility index (Phi) is 4.72. The van der Waals surface area contributed by atoms with Gasteiger partial charge in [0.1, 0.15) is 11.2 Å². The Labute approximate surface area is 107 Å². The fraction of sp³-hybridized carbons (Fsp3) is 0.267. The quantitative estimate of drug-likeness (QED) is 0.752. The van der Waals surface area contributed by atoms with Crippen molar-refractivity contribution in [3.63, 3.8) is 0 Å². The second-order valence-corrected chi connectivity index (χ2v) is 4.07. The van der Waals surface area contributed by atoms with Crippen molar-refractivity contribution >= 4 is 5.97 Å². The lowest BCUT2D eigenvalue weighted by Crippen LogP contribution is -2.35. The van der Waals surface area contributed by atoms with Gasteiger partial charge in [-0.25, -0.2) is 0 Å². The molecule has 1 aromatic carbocycles. The molecule has 3 nitrogen and oxygen atoms in total. The number of carbonyl (C=O) groups is 1. The zero-order valence-electron chi connectivity index (χ0n) is 10.6. The SMILES string of the molecule is C=CCC(CC=C)(C(=O)O)c1ccccc1OC. The van der Waals surface area contributed by atoms with Gasteiger partial charge in [-0.1, -0.05) is 30.4 Å². The van der Waals surface area contributed by atoms with E-state index in [2.05, 4.69) is 13.2 Å². The van der Waals surface area contributed by atoms with Crippen molar-refractivity contribution in [2.45, 2.75) is 18.3 Å². The van der Waals surface area contributed by atoms with E-state index in [9.17, 15) is 9.90 Å². The van der Waals surface area contributed by atoms with Gasteiger partial charge in [0.15, 0.2) is 0 Å². The van der Waals surface area contributed by atoms with Crippen LogP contribution in [0, 0.1) is 0 Å². The van der Waals surface area contributed by atoms with Crippen LogP contribution in [0.2, 0.25) is 0 Å². The van der Waals surface area contributed by atoms with Crippen LogP contribution in [0.1, 0.15) is 18.4 Å². The summed E-state index contributed by atoms with van der Waals surface area (Å²) in [6.45, 7) is 7.31. The Bertz CT molecular complexity index is 439. The first kappa shape index (κ1) is 14.0. The van der Waals surface area contributed by atoms with E-state index in [0.29, 0.717) is 24.2 Å². The highest BCUT2D eigenvalue weighted by atomic mass is 16.5. The van der Waals surface area contributed by atoms with Gasteiger partial charge < -0.3 is 9.84 Å². The summed E-state index contributed by atoms with van der Waals surface area (Å²) in [5, 5.41) is 9.61. The Morgan fingerprint density at radius 3 is 2.33 bits per heavy atom. The van der Waals surface area contributed by atoms with Crippen LogP contribution in [-0.2, 0) is 10.2 Å². The molecule has 0 spiro atoms. The highest BCUT2D eigenvalue weighted by molar-refractivity contribution is 5.83. The van der Waals surface area contributed by atoms with Gasteiger partial charge in [-0.15, -0.1) is 13.2 Å². The summed E-state index contributed by atoms with van der Waals surface area (Å²) in [5.41, 5.74) is -0.407. The van der Waals surface area contributed by atoms with Crippen LogP contribution in [0.15, 0.2) is 49.6 Å². The molecule has 96 valence electrons. The maximum atomic E-state index is 11.7. The maximum Gasteiger partial charge on any atom is 0.314 e. The van der Waals surface area contributed by atoms with Crippen molar-refractivity contribution in [1.29, 1.82) is 0 Å². The molecule has 1 N–H and O–H groups in total. The zero-order valence-corrected chi connectivity index (χ0v) is 10.6. The van der Waals surface area contributed by atoms with Gasteiger partial charge in [0.05, 0.1) is 7.11 Å². The Balaban J connectivity index is 3.44. The number of rotatable bonds is 7. The number of benzene rings is 1. The number of para-hydroxylation sites is 1. The van der Waals surface area contributed by atoms with Crippen LogP contribution in [0.4, 0.5) is 0 Å². The minimum Gasteiger partial charge on any atom is -0.496 e. The smallest absolute Gasteiger partial charge is 0.314 e. The lowest BCUT2D eigenvalue weighted by Gasteiger charge is -2.29. The van der Waals surface area contributed by atoms with E-state index in [0.717, 1.165) is 0 Å². The zero-order chi connectivity index (χ0) is 13.6. The molecular weight excluding hydrogens is 228 g/mol. The topological polar surface area (TPSA) is 46.5 Å². The molecule has 3 heteroatoms. The molecule has 0 aliphatic rings. The summed E-state index contributed by atoms with van der Waals surface area (Å²) in [5.74, 6) is -0.324. The standard InChI is InChI=1S/C15H18O3/c1-4-10-15(11-5-2,14(16)17)12-8-6-7-9-13(12)18-3/h4-9H,1-2,10-11H2,3H3,(H,16,17). The summed E-state index contributed by atoms with van der Waals surface area (Å²) < 4.78 is 5.26. The van der Waals surface area contributed by atoms with Gasteiger partial charge in [-0.05, 0) is 18.9 Å². The third-order valence-electron chi connectivity index (χ3n) is 3.02. The molecule has 0 radical (unpaired) electrons. The van der Waals surface area contributed by atoms with Crippen molar-refractivity contribution in [3.8, 4) is 5.75 Å². The number of ether oxygens (including phenoxy) is 1. The number of carboxylic acids is 1. The van der Waals surface area contributed by atoms with E-state index in [1.807, 2.05) is 12.1 Å². The number of hydrogen-bond acceptors (Lipinski definition) is 2. The molecule has 0 atom stereocenters. The molecule has 0 aromatic heterocycles. The van der Waals surface area contributed by atoms with Gasteiger partial charge in [0.25, 0.3) is 0 Å². The third kappa shape index (κ3) is 2.45. The van der Waals surface area contributed by atoms with Gasteiger partial charge in [-0.3, -0.25) is 4.79 Å². The highest BCUT2D eigenvalue weighted by Gasteiger charge is 2.40. The van der Waals surface area contributed by atoms with E-state index >= 15 is 0 Å². The fourth-order valence-electron chi connectivity index (χ4n) is 2.13. The first-order valence-corrected chi connectivity index (χ1v) is 5.71. The summed E-state index contributed by atoms with van der Waals surface area (Å²) in [4.78, 5) is 11.7. The van der Waals surface area contributed by atoms with Crippen LogP contribution < -0.4 is 4.74 Å². The molecular formula is C15H18O3. The van der Waals surface area contributed by atoms with E-state index in [1.165, 1.54) is 7.11 Å². The largest absolute Gasteiger partial charge is 0.496 e.